The Hall–Kier alpha value is -3.03. The second kappa shape index (κ2) is 8.20. The number of carbonyl (C=O) groups excluding carboxylic acids is 2. The lowest BCUT2D eigenvalue weighted by Crippen LogP contribution is -2.29. The maximum atomic E-state index is 11.3. The fourth-order valence-electron chi connectivity index (χ4n) is 1.29. The highest BCUT2D eigenvalue weighted by Gasteiger charge is 2.07. The molecular formula is C13H14N4O4. The molecule has 0 spiro atoms. The molecule has 110 valence electrons. The number of benzene rings is 1. The van der Waals surface area contributed by atoms with Gasteiger partial charge in [-0.15, -0.1) is 6.58 Å². The smallest absolute Gasteiger partial charge is 0.269 e. The minimum Gasteiger partial charge on any atom is -0.352 e. The highest BCUT2D eigenvalue weighted by molar-refractivity contribution is 5.97. The summed E-state index contributed by atoms with van der Waals surface area (Å²) >= 11 is 0. The predicted molar refractivity (Wildman–Crippen MR) is 76.7 cm³/mol. The molecule has 0 radical (unpaired) electrons. The number of amides is 2. The summed E-state index contributed by atoms with van der Waals surface area (Å²) in [6, 6.07) is 5.63. The number of hydrogen-bond acceptors (Lipinski definition) is 5. The monoisotopic (exact) mass is 290 g/mol. The van der Waals surface area contributed by atoms with Crippen molar-refractivity contribution in [3.63, 3.8) is 0 Å². The SMILES string of the molecule is C=CCNC(=O)CC(=O)NN=Cc1ccc([N+](=O)[O-])cc1. The molecular weight excluding hydrogens is 276 g/mol. The Morgan fingerprint density at radius 3 is 2.52 bits per heavy atom. The highest BCUT2D eigenvalue weighted by atomic mass is 16.6. The third kappa shape index (κ3) is 6.10. The number of hydrogen-bond donors (Lipinski definition) is 2. The van der Waals surface area contributed by atoms with E-state index in [4.69, 9.17) is 0 Å². The fourth-order valence-corrected chi connectivity index (χ4v) is 1.29. The van der Waals surface area contributed by atoms with E-state index in [1.54, 1.807) is 0 Å². The number of carbonyl (C=O) groups is 2. The van der Waals surface area contributed by atoms with Crippen LogP contribution >= 0.6 is 0 Å². The Morgan fingerprint density at radius 1 is 1.29 bits per heavy atom. The molecule has 0 aromatic heterocycles. The first-order valence-electron chi connectivity index (χ1n) is 5.97. The molecule has 1 rings (SSSR count). The van der Waals surface area contributed by atoms with E-state index >= 15 is 0 Å². The van der Waals surface area contributed by atoms with Crippen LogP contribution in [0.4, 0.5) is 5.69 Å². The quantitative estimate of drug-likeness (QED) is 0.253. The topological polar surface area (TPSA) is 114 Å². The molecule has 0 aliphatic carbocycles. The van der Waals surface area contributed by atoms with Gasteiger partial charge in [0.25, 0.3) is 5.69 Å². The Morgan fingerprint density at radius 2 is 1.95 bits per heavy atom. The summed E-state index contributed by atoms with van der Waals surface area (Å²) in [7, 11) is 0. The van der Waals surface area contributed by atoms with Crippen molar-refractivity contribution in [2.24, 2.45) is 5.10 Å². The zero-order valence-electron chi connectivity index (χ0n) is 11.1. The third-order valence-corrected chi connectivity index (χ3v) is 2.27. The van der Waals surface area contributed by atoms with E-state index in [0.717, 1.165) is 0 Å². The summed E-state index contributed by atoms with van der Waals surface area (Å²) in [6.45, 7) is 3.72. The maximum Gasteiger partial charge on any atom is 0.269 e. The van der Waals surface area contributed by atoms with Gasteiger partial charge in [0.05, 0.1) is 11.1 Å². The molecule has 8 nitrogen and oxygen atoms in total. The summed E-state index contributed by atoms with van der Waals surface area (Å²) in [4.78, 5) is 32.5. The van der Waals surface area contributed by atoms with Crippen molar-refractivity contribution in [2.45, 2.75) is 6.42 Å². The molecule has 8 heteroatoms. The highest BCUT2D eigenvalue weighted by Crippen LogP contribution is 2.10. The minimum atomic E-state index is -0.560. The van der Waals surface area contributed by atoms with Crippen molar-refractivity contribution in [2.75, 3.05) is 6.54 Å². The van der Waals surface area contributed by atoms with E-state index in [-0.39, 0.29) is 18.7 Å². The molecule has 0 unspecified atom stereocenters. The molecule has 2 N–H and O–H groups in total. The van der Waals surface area contributed by atoms with Crippen LogP contribution < -0.4 is 10.7 Å². The Kier molecular flexibility index (Phi) is 6.26. The molecule has 0 aliphatic heterocycles. The van der Waals surface area contributed by atoms with Crippen molar-refractivity contribution < 1.29 is 14.5 Å². The first kappa shape index (κ1) is 16.0. The van der Waals surface area contributed by atoms with Crippen LogP contribution in [0, 0.1) is 10.1 Å². The van der Waals surface area contributed by atoms with Crippen LogP contribution in [0.3, 0.4) is 0 Å². The molecule has 0 aliphatic rings. The summed E-state index contributed by atoms with van der Waals surface area (Å²) in [5.41, 5.74) is 2.73. The summed E-state index contributed by atoms with van der Waals surface area (Å²) in [6.07, 6.45) is 2.48. The first-order chi connectivity index (χ1) is 10.0. The van der Waals surface area contributed by atoms with E-state index in [2.05, 4.69) is 22.4 Å². The van der Waals surface area contributed by atoms with Crippen molar-refractivity contribution in [3.8, 4) is 0 Å². The van der Waals surface area contributed by atoms with Gasteiger partial charge in [-0.3, -0.25) is 19.7 Å². The van der Waals surface area contributed by atoms with Gasteiger partial charge in [0.2, 0.25) is 11.8 Å². The number of nitrogens with zero attached hydrogens (tertiary/aromatic N) is 2. The van der Waals surface area contributed by atoms with Gasteiger partial charge in [-0.05, 0) is 17.7 Å². The Bertz CT molecular complexity index is 566. The minimum absolute atomic E-state index is 0.0323. The standard InChI is InChI=1S/C13H14N4O4/c1-2-7-14-12(18)8-13(19)16-15-9-10-3-5-11(6-4-10)17(20)21/h2-6,9H,1,7-8H2,(H,14,18)(H,16,19). The molecule has 2 amide bonds. The number of non-ortho nitro benzene ring substituents is 1. The molecule has 21 heavy (non-hydrogen) atoms. The molecule has 0 heterocycles. The average Bonchev–Trinajstić information content (AvgIpc) is 2.45. The lowest BCUT2D eigenvalue weighted by Gasteiger charge is -2.00. The summed E-state index contributed by atoms with van der Waals surface area (Å²) in [5, 5.41) is 16.6. The summed E-state index contributed by atoms with van der Waals surface area (Å²) < 4.78 is 0. The summed E-state index contributed by atoms with van der Waals surface area (Å²) in [5.74, 6) is -0.993. The van der Waals surface area contributed by atoms with Crippen LogP contribution in [0.5, 0.6) is 0 Å². The molecule has 0 atom stereocenters. The van der Waals surface area contributed by atoms with E-state index in [1.165, 1.54) is 36.6 Å². The Balaban J connectivity index is 2.43. The van der Waals surface area contributed by atoms with Crippen LogP contribution in [0.2, 0.25) is 0 Å². The normalized spacial score (nSPS) is 10.1. The molecule has 0 fully saturated rings. The van der Waals surface area contributed by atoms with Crippen molar-refractivity contribution in [3.05, 3.63) is 52.6 Å². The van der Waals surface area contributed by atoms with E-state index in [0.29, 0.717) is 5.56 Å². The third-order valence-electron chi connectivity index (χ3n) is 2.27. The van der Waals surface area contributed by atoms with Crippen molar-refractivity contribution in [1.29, 1.82) is 0 Å². The number of nitro groups is 1. The largest absolute Gasteiger partial charge is 0.352 e. The lowest BCUT2D eigenvalue weighted by molar-refractivity contribution is -0.384. The molecule has 0 saturated heterocycles. The molecule has 1 aromatic rings. The van der Waals surface area contributed by atoms with Crippen LogP contribution in [0.1, 0.15) is 12.0 Å². The van der Waals surface area contributed by atoms with Gasteiger partial charge in [0.15, 0.2) is 0 Å². The zero-order valence-corrected chi connectivity index (χ0v) is 11.1. The number of nitro benzene ring substituents is 1. The maximum absolute atomic E-state index is 11.3. The van der Waals surface area contributed by atoms with Crippen LogP contribution in [0.25, 0.3) is 0 Å². The van der Waals surface area contributed by atoms with Gasteiger partial charge in [-0.25, -0.2) is 5.43 Å². The van der Waals surface area contributed by atoms with E-state index < -0.39 is 16.7 Å². The van der Waals surface area contributed by atoms with Crippen molar-refractivity contribution in [1.82, 2.24) is 10.7 Å². The lowest BCUT2D eigenvalue weighted by atomic mass is 10.2. The predicted octanol–water partition coefficient (Wildman–Crippen LogP) is 0.737. The number of rotatable bonds is 7. The van der Waals surface area contributed by atoms with Crippen LogP contribution in [-0.4, -0.2) is 29.5 Å². The van der Waals surface area contributed by atoms with Gasteiger partial charge in [0.1, 0.15) is 6.42 Å². The Labute approximate surface area is 120 Å². The van der Waals surface area contributed by atoms with Crippen LogP contribution in [-0.2, 0) is 9.59 Å². The fraction of sp³-hybridized carbons (Fsp3) is 0.154. The second-order valence-corrected chi connectivity index (χ2v) is 3.91. The molecule has 0 saturated carbocycles. The van der Waals surface area contributed by atoms with E-state index in [9.17, 15) is 19.7 Å². The van der Waals surface area contributed by atoms with Gasteiger partial charge >= 0.3 is 0 Å². The number of hydrazone groups is 1. The molecule has 0 bridgehead atoms. The second-order valence-electron chi connectivity index (χ2n) is 3.91. The van der Waals surface area contributed by atoms with Gasteiger partial charge in [-0.2, -0.15) is 5.10 Å². The number of nitrogens with one attached hydrogen (secondary N) is 2. The van der Waals surface area contributed by atoms with E-state index in [1.807, 2.05) is 0 Å². The van der Waals surface area contributed by atoms with Gasteiger partial charge in [-0.1, -0.05) is 6.08 Å². The molecule has 1 aromatic carbocycles. The van der Waals surface area contributed by atoms with Gasteiger partial charge in [0, 0.05) is 18.7 Å². The first-order valence-corrected chi connectivity index (χ1v) is 5.97. The van der Waals surface area contributed by atoms with Crippen LogP contribution in [0.15, 0.2) is 42.0 Å². The zero-order chi connectivity index (χ0) is 15.7. The van der Waals surface area contributed by atoms with Gasteiger partial charge < -0.3 is 5.32 Å². The van der Waals surface area contributed by atoms with Crippen molar-refractivity contribution >= 4 is 23.7 Å². The average molecular weight is 290 g/mol.